The molecular formula is C56H106O14. The Hall–Kier alpha value is -1.27. The van der Waals surface area contributed by atoms with Crippen molar-refractivity contribution in [2.45, 2.75) is 306 Å². The van der Waals surface area contributed by atoms with Crippen molar-refractivity contribution in [3.63, 3.8) is 0 Å². The summed E-state index contributed by atoms with van der Waals surface area (Å²) < 4.78 is 34.4. The lowest BCUT2D eigenvalue weighted by Gasteiger charge is -2.42. The van der Waals surface area contributed by atoms with Gasteiger partial charge in [-0.05, 0) is 38.5 Å². The van der Waals surface area contributed by atoms with Gasteiger partial charge in [-0.2, -0.15) is 0 Å². The van der Waals surface area contributed by atoms with Gasteiger partial charge in [0.1, 0.15) is 54.9 Å². The largest absolute Gasteiger partial charge is 0.457 e. The molecule has 0 aromatic rings. The number of aliphatic hydroxyl groups is 7. The summed E-state index contributed by atoms with van der Waals surface area (Å²) in [5.41, 5.74) is 0. The lowest BCUT2D eigenvalue weighted by atomic mass is 9.98. The van der Waals surface area contributed by atoms with Crippen LogP contribution in [0.25, 0.3) is 0 Å². The van der Waals surface area contributed by atoms with E-state index >= 15 is 0 Å². The van der Waals surface area contributed by atoms with Gasteiger partial charge in [0.15, 0.2) is 12.6 Å². The zero-order valence-corrected chi connectivity index (χ0v) is 44.3. The standard InChI is InChI=1S/C56H106O14/c1-3-5-7-9-11-13-15-17-19-20-21-22-23-24-25-26-28-30-32-34-36-38-40-65-42-45(68-48(58)39-37-35-33-31-29-27-18-16-14-12-10-8-6-4-2)43-66-55-54(64)52(62)50(60)47(70-55)44-67-56-53(63)51(61)49(59)46(41-57)69-56/h20-21,45-47,49-57,59-64H,3-19,22-44H2,1-2H3/b21-20-. The van der Waals surface area contributed by atoms with Crippen LogP contribution in [0.3, 0.4) is 0 Å². The molecule has 0 aliphatic carbocycles. The van der Waals surface area contributed by atoms with Crippen molar-refractivity contribution in [1.29, 1.82) is 0 Å². The van der Waals surface area contributed by atoms with Crippen molar-refractivity contribution in [2.24, 2.45) is 0 Å². The number of rotatable bonds is 47. The van der Waals surface area contributed by atoms with Gasteiger partial charge in [-0.25, -0.2) is 0 Å². The van der Waals surface area contributed by atoms with Crippen molar-refractivity contribution in [3.8, 4) is 0 Å². The van der Waals surface area contributed by atoms with Gasteiger partial charge < -0.3 is 64.2 Å². The first-order valence-electron chi connectivity index (χ1n) is 28.8. The van der Waals surface area contributed by atoms with Crippen LogP contribution in [0.1, 0.15) is 239 Å². The van der Waals surface area contributed by atoms with Gasteiger partial charge in [0.25, 0.3) is 0 Å². The topological polar surface area (TPSA) is 214 Å². The molecule has 0 radical (unpaired) electrons. The van der Waals surface area contributed by atoms with Gasteiger partial charge in [0.05, 0.1) is 26.4 Å². The molecule has 2 fully saturated rings. The van der Waals surface area contributed by atoms with Gasteiger partial charge in [-0.1, -0.05) is 206 Å². The van der Waals surface area contributed by atoms with Crippen LogP contribution in [0.2, 0.25) is 0 Å². The van der Waals surface area contributed by atoms with Crippen LogP contribution in [-0.4, -0.2) is 142 Å². The molecule has 414 valence electrons. The molecule has 0 spiro atoms. The molecule has 7 N–H and O–H groups in total. The average Bonchev–Trinajstić information content (AvgIpc) is 3.36. The third kappa shape index (κ3) is 30.8. The molecule has 11 atom stereocenters. The highest BCUT2D eigenvalue weighted by Gasteiger charge is 2.47. The highest BCUT2D eigenvalue weighted by Crippen LogP contribution is 2.27. The van der Waals surface area contributed by atoms with Gasteiger partial charge in [-0.3, -0.25) is 4.79 Å². The molecule has 0 aromatic carbocycles. The minimum Gasteiger partial charge on any atom is -0.457 e. The second-order valence-corrected chi connectivity index (χ2v) is 20.5. The molecule has 70 heavy (non-hydrogen) atoms. The SMILES string of the molecule is CCCCCCCCCC/C=C\CCCCCCCCCCCCOCC(COC1OC(COC2OC(CO)C(O)C(O)C2O)C(O)C(O)C1O)OC(=O)CCCCCCCCCCCCCCCC. The maximum atomic E-state index is 13.0. The van der Waals surface area contributed by atoms with Gasteiger partial charge in [-0.15, -0.1) is 0 Å². The number of hydrogen-bond donors (Lipinski definition) is 7. The Balaban J connectivity index is 1.70. The van der Waals surface area contributed by atoms with E-state index in [9.17, 15) is 40.5 Å². The third-order valence-corrected chi connectivity index (χ3v) is 14.0. The highest BCUT2D eigenvalue weighted by molar-refractivity contribution is 5.69. The number of ether oxygens (including phenoxy) is 6. The van der Waals surface area contributed by atoms with Crippen LogP contribution in [0, 0.1) is 0 Å². The molecule has 0 saturated carbocycles. The Morgan fingerprint density at radius 2 is 0.843 bits per heavy atom. The van der Waals surface area contributed by atoms with Gasteiger partial charge in [0.2, 0.25) is 0 Å². The number of carbonyl (C=O) groups excluding carboxylic acids is 1. The Morgan fingerprint density at radius 1 is 0.457 bits per heavy atom. The summed E-state index contributed by atoms with van der Waals surface area (Å²) in [6.45, 7) is 3.73. The van der Waals surface area contributed by atoms with Crippen molar-refractivity contribution in [2.75, 3.05) is 33.0 Å². The predicted molar refractivity (Wildman–Crippen MR) is 275 cm³/mol. The molecule has 2 aliphatic heterocycles. The molecule has 0 aromatic heterocycles. The molecule has 0 amide bonds. The van der Waals surface area contributed by atoms with E-state index in [1.807, 2.05) is 0 Å². The van der Waals surface area contributed by atoms with E-state index in [1.165, 1.54) is 173 Å². The summed E-state index contributed by atoms with van der Waals surface area (Å²) in [4.78, 5) is 13.0. The summed E-state index contributed by atoms with van der Waals surface area (Å²) in [5, 5.41) is 72.3. The van der Waals surface area contributed by atoms with E-state index in [2.05, 4.69) is 26.0 Å². The highest BCUT2D eigenvalue weighted by atomic mass is 16.7. The maximum Gasteiger partial charge on any atom is 0.306 e. The molecular weight excluding hydrogens is 897 g/mol. The Morgan fingerprint density at radius 3 is 1.30 bits per heavy atom. The fourth-order valence-corrected chi connectivity index (χ4v) is 9.34. The summed E-state index contributed by atoms with van der Waals surface area (Å²) in [6.07, 6.45) is 31.3. The zero-order valence-electron chi connectivity index (χ0n) is 44.3. The Labute approximate surface area is 425 Å². The van der Waals surface area contributed by atoms with Crippen LogP contribution in [0.4, 0.5) is 0 Å². The van der Waals surface area contributed by atoms with E-state index in [0.29, 0.717) is 13.0 Å². The minimum absolute atomic E-state index is 0.0666. The molecule has 2 heterocycles. The minimum atomic E-state index is -1.70. The number of unbranched alkanes of at least 4 members (excludes halogenated alkanes) is 31. The van der Waals surface area contributed by atoms with E-state index in [4.69, 9.17) is 28.4 Å². The first kappa shape index (κ1) is 64.8. The van der Waals surface area contributed by atoms with Crippen molar-refractivity contribution >= 4 is 5.97 Å². The lowest BCUT2D eigenvalue weighted by molar-refractivity contribution is -0.332. The number of esters is 1. The second-order valence-electron chi connectivity index (χ2n) is 20.5. The van der Waals surface area contributed by atoms with Crippen LogP contribution in [-0.2, 0) is 33.2 Å². The Bertz CT molecular complexity index is 1210. The average molecular weight is 1000 g/mol. The first-order valence-corrected chi connectivity index (χ1v) is 28.8. The molecule has 2 rings (SSSR count). The van der Waals surface area contributed by atoms with Gasteiger partial charge in [0, 0.05) is 13.0 Å². The molecule has 11 unspecified atom stereocenters. The number of hydrogen-bond acceptors (Lipinski definition) is 14. The summed E-state index contributed by atoms with van der Waals surface area (Å²) in [6, 6.07) is 0. The fourth-order valence-electron chi connectivity index (χ4n) is 9.34. The van der Waals surface area contributed by atoms with Crippen LogP contribution >= 0.6 is 0 Å². The van der Waals surface area contributed by atoms with Crippen LogP contribution in [0.5, 0.6) is 0 Å². The smallest absolute Gasteiger partial charge is 0.306 e. The van der Waals surface area contributed by atoms with Crippen molar-refractivity contribution < 1.29 is 69.0 Å². The quantitative estimate of drug-likeness (QED) is 0.0172. The number of allylic oxidation sites excluding steroid dienone is 2. The lowest BCUT2D eigenvalue weighted by Crippen LogP contribution is -2.61. The summed E-state index contributed by atoms with van der Waals surface area (Å²) in [7, 11) is 0. The van der Waals surface area contributed by atoms with E-state index in [0.717, 1.165) is 38.5 Å². The fraction of sp³-hybridized carbons (Fsp3) is 0.946. The Kier molecular flexibility index (Phi) is 40.8. The zero-order chi connectivity index (χ0) is 50.9. The molecule has 0 bridgehead atoms. The molecule has 2 saturated heterocycles. The normalized spacial score (nSPS) is 25.5. The first-order chi connectivity index (χ1) is 34.1. The van der Waals surface area contributed by atoms with Crippen LogP contribution < -0.4 is 0 Å². The maximum absolute atomic E-state index is 13.0. The molecule has 2 aliphatic rings. The second kappa shape index (κ2) is 44.1. The molecule has 14 nitrogen and oxygen atoms in total. The van der Waals surface area contributed by atoms with E-state index < -0.39 is 80.7 Å². The van der Waals surface area contributed by atoms with Gasteiger partial charge >= 0.3 is 5.97 Å². The predicted octanol–water partition coefficient (Wildman–Crippen LogP) is 9.81. The van der Waals surface area contributed by atoms with Crippen molar-refractivity contribution in [3.05, 3.63) is 12.2 Å². The summed E-state index contributed by atoms with van der Waals surface area (Å²) in [5.74, 6) is -0.372. The van der Waals surface area contributed by atoms with E-state index in [1.54, 1.807) is 0 Å². The van der Waals surface area contributed by atoms with E-state index in [-0.39, 0.29) is 25.6 Å². The summed E-state index contributed by atoms with van der Waals surface area (Å²) >= 11 is 0. The third-order valence-electron chi connectivity index (χ3n) is 14.0. The van der Waals surface area contributed by atoms with Crippen molar-refractivity contribution in [1.82, 2.24) is 0 Å². The number of carbonyl (C=O) groups is 1. The molecule has 14 heteroatoms. The van der Waals surface area contributed by atoms with Crippen LogP contribution in [0.15, 0.2) is 12.2 Å². The monoisotopic (exact) mass is 1000 g/mol. The number of aliphatic hydroxyl groups excluding tert-OH is 7.